The molecule has 2 aromatic rings. The van der Waals surface area contributed by atoms with E-state index in [1.165, 1.54) is 6.20 Å². The summed E-state index contributed by atoms with van der Waals surface area (Å²) in [6, 6.07) is 5.52. The Kier molecular flexibility index (Phi) is 4.36. The summed E-state index contributed by atoms with van der Waals surface area (Å²) < 4.78 is 6.57. The predicted molar refractivity (Wildman–Crippen MR) is 74.6 cm³/mol. The Balaban J connectivity index is 2.02. The van der Waals surface area contributed by atoms with Crippen LogP contribution in [0.5, 0.6) is 0 Å². The molecule has 0 saturated heterocycles. The van der Waals surface area contributed by atoms with E-state index in [0.29, 0.717) is 18.6 Å². The highest BCUT2D eigenvalue weighted by Gasteiger charge is 2.22. The fourth-order valence-corrected chi connectivity index (χ4v) is 1.89. The number of nitrogens with one attached hydrogen (secondary N) is 1. The van der Waals surface area contributed by atoms with Gasteiger partial charge in [-0.3, -0.25) is 4.79 Å². The molecule has 0 aromatic carbocycles. The first-order chi connectivity index (χ1) is 9.53. The number of amides is 1. The van der Waals surface area contributed by atoms with E-state index < -0.39 is 5.60 Å². The third-order valence-electron chi connectivity index (χ3n) is 3.15. The smallest absolute Gasteiger partial charge is 0.255 e. The number of rotatable bonds is 6. The van der Waals surface area contributed by atoms with Gasteiger partial charge < -0.3 is 15.2 Å². The van der Waals surface area contributed by atoms with Crippen LogP contribution in [0, 0.1) is 0 Å². The maximum atomic E-state index is 12.1. The molecule has 2 N–H and O–H groups in total. The second-order valence-corrected chi connectivity index (χ2v) is 5.01. The van der Waals surface area contributed by atoms with Gasteiger partial charge in [-0.05, 0) is 19.1 Å². The lowest BCUT2D eigenvalue weighted by Crippen LogP contribution is -2.41. The van der Waals surface area contributed by atoms with Crippen molar-refractivity contribution in [3.05, 3.63) is 36.2 Å². The molecule has 2 heterocycles. The number of methoxy groups -OCH3 is 1. The Morgan fingerprint density at radius 3 is 3.10 bits per heavy atom. The van der Waals surface area contributed by atoms with Crippen LogP contribution in [0.1, 0.15) is 23.7 Å². The van der Waals surface area contributed by atoms with Gasteiger partial charge in [0.1, 0.15) is 0 Å². The highest BCUT2D eigenvalue weighted by molar-refractivity contribution is 6.00. The van der Waals surface area contributed by atoms with Crippen LogP contribution in [-0.4, -0.2) is 46.5 Å². The number of hydrogen-bond donors (Lipinski definition) is 2. The number of pyridine rings is 1. The zero-order valence-corrected chi connectivity index (χ0v) is 11.7. The average Bonchev–Trinajstić information content (AvgIpc) is 2.87. The summed E-state index contributed by atoms with van der Waals surface area (Å²) in [7, 11) is 1.58. The monoisotopic (exact) mass is 277 g/mol. The van der Waals surface area contributed by atoms with Crippen molar-refractivity contribution < 1.29 is 14.6 Å². The Morgan fingerprint density at radius 1 is 1.55 bits per heavy atom. The van der Waals surface area contributed by atoms with Crippen LogP contribution in [0.15, 0.2) is 30.6 Å². The van der Waals surface area contributed by atoms with Gasteiger partial charge in [0.05, 0.1) is 22.9 Å². The summed E-state index contributed by atoms with van der Waals surface area (Å²) in [6.45, 7) is 2.28. The van der Waals surface area contributed by atoms with Crippen molar-refractivity contribution in [1.29, 1.82) is 0 Å². The van der Waals surface area contributed by atoms with Gasteiger partial charge in [-0.15, -0.1) is 0 Å². The molecule has 1 unspecified atom stereocenters. The van der Waals surface area contributed by atoms with Gasteiger partial charge in [-0.25, -0.2) is 4.52 Å². The molecule has 6 heteroatoms. The molecule has 0 radical (unpaired) electrons. The number of aliphatic hydroxyl groups is 1. The second kappa shape index (κ2) is 6.02. The molecule has 20 heavy (non-hydrogen) atoms. The highest BCUT2D eigenvalue weighted by Crippen LogP contribution is 2.11. The molecule has 108 valence electrons. The molecule has 1 amide bonds. The number of nitrogens with zero attached hydrogens (tertiary/aromatic N) is 2. The molecule has 0 fully saturated rings. The van der Waals surface area contributed by atoms with Gasteiger partial charge in [0, 0.05) is 32.9 Å². The van der Waals surface area contributed by atoms with E-state index in [-0.39, 0.29) is 12.5 Å². The highest BCUT2D eigenvalue weighted by atomic mass is 16.5. The topological polar surface area (TPSA) is 75.9 Å². The SMILES string of the molecule is COCCC(C)(O)CNC(=O)c1cnn2ccccc12. The van der Waals surface area contributed by atoms with E-state index in [0.717, 1.165) is 5.52 Å². The third-order valence-corrected chi connectivity index (χ3v) is 3.15. The average molecular weight is 277 g/mol. The standard InChI is InChI=1S/C14H19N3O3/c1-14(19,6-8-20-2)10-15-13(18)11-9-16-17-7-4-3-5-12(11)17/h3-5,7,9,19H,6,8,10H2,1-2H3,(H,15,18). The Bertz CT molecular complexity index is 592. The van der Waals surface area contributed by atoms with E-state index in [4.69, 9.17) is 4.74 Å². The molecule has 0 aliphatic carbocycles. The van der Waals surface area contributed by atoms with Crippen molar-refractivity contribution in [2.24, 2.45) is 0 Å². The van der Waals surface area contributed by atoms with E-state index in [2.05, 4.69) is 10.4 Å². The van der Waals surface area contributed by atoms with Crippen LogP contribution >= 0.6 is 0 Å². The van der Waals surface area contributed by atoms with Crippen LogP contribution in [0.25, 0.3) is 5.52 Å². The lowest BCUT2D eigenvalue weighted by atomic mass is 10.0. The van der Waals surface area contributed by atoms with Crippen LogP contribution in [0.2, 0.25) is 0 Å². The van der Waals surface area contributed by atoms with Crippen LogP contribution in [0.3, 0.4) is 0 Å². The zero-order valence-electron chi connectivity index (χ0n) is 11.7. The molecular weight excluding hydrogens is 258 g/mol. The third kappa shape index (κ3) is 3.34. The summed E-state index contributed by atoms with van der Waals surface area (Å²) >= 11 is 0. The maximum absolute atomic E-state index is 12.1. The summed E-state index contributed by atoms with van der Waals surface area (Å²) in [5.74, 6) is -0.246. The Morgan fingerprint density at radius 2 is 2.35 bits per heavy atom. The normalized spacial score (nSPS) is 14.2. The molecule has 0 saturated carbocycles. The quantitative estimate of drug-likeness (QED) is 0.821. The Labute approximate surface area is 117 Å². The van der Waals surface area contributed by atoms with Crippen LogP contribution < -0.4 is 5.32 Å². The number of aromatic nitrogens is 2. The number of fused-ring (bicyclic) bond motifs is 1. The summed E-state index contributed by atoms with van der Waals surface area (Å²) in [4.78, 5) is 12.1. The minimum atomic E-state index is -0.991. The summed E-state index contributed by atoms with van der Waals surface area (Å²) in [5.41, 5.74) is 0.240. The molecule has 0 aliphatic rings. The van der Waals surface area contributed by atoms with Crippen molar-refractivity contribution in [2.45, 2.75) is 18.9 Å². The Hall–Kier alpha value is -1.92. The van der Waals surface area contributed by atoms with Gasteiger partial charge in [-0.1, -0.05) is 6.07 Å². The minimum Gasteiger partial charge on any atom is -0.388 e. The molecule has 1 atom stereocenters. The zero-order chi connectivity index (χ0) is 14.6. The second-order valence-electron chi connectivity index (χ2n) is 5.01. The summed E-state index contributed by atoms with van der Waals surface area (Å²) in [6.07, 6.45) is 3.76. The first kappa shape index (κ1) is 14.5. The van der Waals surface area contributed by atoms with Crippen molar-refractivity contribution in [3.8, 4) is 0 Å². The molecule has 0 aliphatic heterocycles. The van der Waals surface area contributed by atoms with Crippen LogP contribution in [0.4, 0.5) is 0 Å². The fraction of sp³-hybridized carbons (Fsp3) is 0.429. The molecule has 2 aromatic heterocycles. The first-order valence-electron chi connectivity index (χ1n) is 6.45. The lowest BCUT2D eigenvalue weighted by molar-refractivity contribution is 0.0244. The maximum Gasteiger partial charge on any atom is 0.255 e. The first-order valence-corrected chi connectivity index (χ1v) is 6.45. The van der Waals surface area contributed by atoms with E-state index >= 15 is 0 Å². The molecule has 2 rings (SSSR count). The number of ether oxygens (including phenoxy) is 1. The van der Waals surface area contributed by atoms with Gasteiger partial charge >= 0.3 is 0 Å². The van der Waals surface area contributed by atoms with Gasteiger partial charge in [0.2, 0.25) is 0 Å². The van der Waals surface area contributed by atoms with E-state index in [1.54, 1.807) is 24.7 Å². The number of hydrogen-bond acceptors (Lipinski definition) is 4. The van der Waals surface area contributed by atoms with Gasteiger partial charge in [0.25, 0.3) is 5.91 Å². The van der Waals surface area contributed by atoms with Crippen LogP contribution in [-0.2, 0) is 4.74 Å². The van der Waals surface area contributed by atoms with Crippen molar-refractivity contribution >= 4 is 11.4 Å². The fourth-order valence-electron chi connectivity index (χ4n) is 1.89. The largest absolute Gasteiger partial charge is 0.388 e. The van der Waals surface area contributed by atoms with Gasteiger partial charge in [-0.2, -0.15) is 5.10 Å². The number of carbonyl (C=O) groups excluding carboxylic acids is 1. The van der Waals surface area contributed by atoms with E-state index in [1.807, 2.05) is 18.2 Å². The number of carbonyl (C=O) groups is 1. The van der Waals surface area contributed by atoms with Crippen molar-refractivity contribution in [2.75, 3.05) is 20.3 Å². The van der Waals surface area contributed by atoms with Crippen molar-refractivity contribution in [3.63, 3.8) is 0 Å². The molecule has 6 nitrogen and oxygen atoms in total. The lowest BCUT2D eigenvalue weighted by Gasteiger charge is -2.23. The minimum absolute atomic E-state index is 0.166. The molecular formula is C14H19N3O3. The van der Waals surface area contributed by atoms with Gasteiger partial charge in [0.15, 0.2) is 0 Å². The van der Waals surface area contributed by atoms with Crippen molar-refractivity contribution in [1.82, 2.24) is 14.9 Å². The predicted octanol–water partition coefficient (Wildman–Crippen LogP) is 0.852. The molecule has 0 spiro atoms. The molecule has 0 bridgehead atoms. The van der Waals surface area contributed by atoms with E-state index in [9.17, 15) is 9.90 Å². The summed E-state index contributed by atoms with van der Waals surface area (Å²) in [5, 5.41) is 16.9.